The van der Waals surface area contributed by atoms with Crippen LogP contribution >= 0.6 is 11.6 Å². The Kier molecular flexibility index (Phi) is 4.53. The van der Waals surface area contributed by atoms with E-state index in [1.165, 1.54) is 35.7 Å². The Balaban J connectivity index is 1.65. The Morgan fingerprint density at radius 1 is 1.17 bits per heavy atom. The summed E-state index contributed by atoms with van der Waals surface area (Å²) in [6.45, 7) is 1.78. The van der Waals surface area contributed by atoms with Gasteiger partial charge in [-0.25, -0.2) is 4.39 Å². The normalized spacial score (nSPS) is 14.2. The van der Waals surface area contributed by atoms with E-state index in [9.17, 15) is 9.18 Å². The van der Waals surface area contributed by atoms with Gasteiger partial charge in [0.15, 0.2) is 0 Å². The molecule has 23 heavy (non-hydrogen) atoms. The van der Waals surface area contributed by atoms with Crippen molar-refractivity contribution < 1.29 is 9.18 Å². The maximum absolute atomic E-state index is 13.0. The minimum atomic E-state index is -0.435. The fraction of sp³-hybridized carbons (Fsp3) is 0.278. The molecule has 1 aliphatic rings. The van der Waals surface area contributed by atoms with Crippen molar-refractivity contribution in [1.82, 2.24) is 0 Å². The van der Waals surface area contributed by atoms with Crippen LogP contribution in [0.3, 0.4) is 0 Å². The number of benzene rings is 2. The van der Waals surface area contributed by atoms with Crippen LogP contribution in [0.2, 0.25) is 5.02 Å². The Bertz CT molecular complexity index is 748. The van der Waals surface area contributed by atoms with Crippen LogP contribution in [0.5, 0.6) is 0 Å². The lowest BCUT2D eigenvalue weighted by Gasteiger charge is -2.16. The third-order valence-corrected chi connectivity index (χ3v) is 4.38. The molecule has 0 fully saturated rings. The van der Waals surface area contributed by atoms with Crippen LogP contribution in [-0.2, 0) is 17.6 Å². The van der Waals surface area contributed by atoms with Crippen LogP contribution in [-0.4, -0.2) is 11.9 Å². The lowest BCUT2D eigenvalue weighted by atomic mass is 10.1. The molecular formula is C18H18ClFN2O. The summed E-state index contributed by atoms with van der Waals surface area (Å²) in [5, 5.41) is 6.09. The van der Waals surface area contributed by atoms with Crippen molar-refractivity contribution >= 4 is 28.9 Å². The molecule has 0 aromatic heterocycles. The van der Waals surface area contributed by atoms with E-state index >= 15 is 0 Å². The standard InChI is InChI=1S/C18H18ClFN2O/c1-11(18(23)22-17-8-6-14(20)10-16(17)19)21-15-7-5-12-3-2-4-13(12)9-15/h5-11,21H,2-4H2,1H3,(H,22,23)/t11-/m0/s1. The molecule has 120 valence electrons. The second-order valence-corrected chi connectivity index (χ2v) is 6.22. The molecule has 2 aromatic carbocycles. The summed E-state index contributed by atoms with van der Waals surface area (Å²) in [4.78, 5) is 12.3. The number of anilines is 2. The first kappa shape index (κ1) is 15.8. The van der Waals surface area contributed by atoms with Crippen LogP contribution < -0.4 is 10.6 Å². The molecular weight excluding hydrogens is 315 g/mol. The quantitative estimate of drug-likeness (QED) is 0.871. The fourth-order valence-electron chi connectivity index (χ4n) is 2.81. The molecule has 1 atom stereocenters. The summed E-state index contributed by atoms with van der Waals surface area (Å²) in [5.74, 6) is -0.656. The predicted octanol–water partition coefficient (Wildman–Crippen LogP) is 4.41. The monoisotopic (exact) mass is 332 g/mol. The van der Waals surface area contributed by atoms with Crippen LogP contribution in [0.15, 0.2) is 36.4 Å². The predicted molar refractivity (Wildman–Crippen MR) is 91.6 cm³/mol. The molecule has 5 heteroatoms. The number of amides is 1. The van der Waals surface area contributed by atoms with Gasteiger partial charge < -0.3 is 10.6 Å². The summed E-state index contributed by atoms with van der Waals surface area (Å²) in [6, 6.07) is 9.69. The summed E-state index contributed by atoms with van der Waals surface area (Å²) in [6.07, 6.45) is 3.42. The summed E-state index contributed by atoms with van der Waals surface area (Å²) >= 11 is 5.93. The van der Waals surface area contributed by atoms with E-state index in [1.54, 1.807) is 6.92 Å². The Morgan fingerprint density at radius 3 is 2.74 bits per heavy atom. The molecule has 0 bridgehead atoms. The smallest absolute Gasteiger partial charge is 0.246 e. The number of carbonyl (C=O) groups excluding carboxylic acids is 1. The highest BCUT2D eigenvalue weighted by Crippen LogP contribution is 2.26. The summed E-state index contributed by atoms with van der Waals surface area (Å²) in [5.41, 5.74) is 4.08. The van der Waals surface area contributed by atoms with Crippen molar-refractivity contribution in [3.63, 3.8) is 0 Å². The third kappa shape index (κ3) is 3.64. The number of hydrogen-bond donors (Lipinski definition) is 2. The third-order valence-electron chi connectivity index (χ3n) is 4.06. The van der Waals surface area contributed by atoms with Gasteiger partial charge in [0.1, 0.15) is 11.9 Å². The maximum atomic E-state index is 13.0. The Morgan fingerprint density at radius 2 is 1.96 bits per heavy atom. The molecule has 2 aromatic rings. The molecule has 3 rings (SSSR count). The average Bonchev–Trinajstić information content (AvgIpc) is 2.97. The first-order chi connectivity index (χ1) is 11.0. The lowest BCUT2D eigenvalue weighted by molar-refractivity contribution is -0.116. The van der Waals surface area contributed by atoms with Gasteiger partial charge in [0, 0.05) is 5.69 Å². The van der Waals surface area contributed by atoms with Gasteiger partial charge in [0.05, 0.1) is 10.7 Å². The number of hydrogen-bond acceptors (Lipinski definition) is 2. The number of rotatable bonds is 4. The van der Waals surface area contributed by atoms with E-state index in [2.05, 4.69) is 22.8 Å². The van der Waals surface area contributed by atoms with Crippen LogP contribution in [0.25, 0.3) is 0 Å². The van der Waals surface area contributed by atoms with Crippen molar-refractivity contribution in [2.75, 3.05) is 10.6 Å². The van der Waals surface area contributed by atoms with E-state index in [-0.39, 0.29) is 10.9 Å². The van der Waals surface area contributed by atoms with Gasteiger partial charge in [-0.3, -0.25) is 4.79 Å². The van der Waals surface area contributed by atoms with Crippen LogP contribution in [0.4, 0.5) is 15.8 Å². The second-order valence-electron chi connectivity index (χ2n) is 5.82. The molecule has 0 heterocycles. The van der Waals surface area contributed by atoms with Gasteiger partial charge in [-0.15, -0.1) is 0 Å². The van der Waals surface area contributed by atoms with Crippen molar-refractivity contribution in [3.8, 4) is 0 Å². The van der Waals surface area contributed by atoms with Crippen LogP contribution in [0.1, 0.15) is 24.5 Å². The SMILES string of the molecule is C[C@H](Nc1ccc2c(c1)CCC2)C(=O)Nc1ccc(F)cc1Cl. The molecule has 1 aliphatic carbocycles. The van der Waals surface area contributed by atoms with E-state index in [0.717, 1.165) is 18.5 Å². The zero-order valence-electron chi connectivity index (χ0n) is 12.8. The minimum Gasteiger partial charge on any atom is -0.374 e. The zero-order chi connectivity index (χ0) is 16.4. The van der Waals surface area contributed by atoms with Gasteiger partial charge in [-0.1, -0.05) is 17.7 Å². The van der Waals surface area contributed by atoms with Crippen LogP contribution in [0, 0.1) is 5.82 Å². The molecule has 0 unspecified atom stereocenters. The lowest BCUT2D eigenvalue weighted by Crippen LogP contribution is -2.32. The molecule has 1 amide bonds. The average molecular weight is 333 g/mol. The number of nitrogens with one attached hydrogen (secondary N) is 2. The number of aryl methyl sites for hydroxylation is 2. The summed E-state index contributed by atoms with van der Waals surface area (Å²) in [7, 11) is 0. The molecule has 0 spiro atoms. The van der Waals surface area contributed by atoms with Crippen molar-refractivity contribution in [1.29, 1.82) is 0 Å². The molecule has 3 nitrogen and oxygen atoms in total. The molecule has 0 saturated carbocycles. The second kappa shape index (κ2) is 6.59. The van der Waals surface area contributed by atoms with Gasteiger partial charge in [-0.2, -0.15) is 0 Å². The Labute approximate surface area is 139 Å². The van der Waals surface area contributed by atoms with Crippen molar-refractivity contribution in [3.05, 3.63) is 58.4 Å². The van der Waals surface area contributed by atoms with E-state index in [1.807, 2.05) is 6.07 Å². The van der Waals surface area contributed by atoms with Gasteiger partial charge >= 0.3 is 0 Å². The number of fused-ring (bicyclic) bond motifs is 1. The summed E-state index contributed by atoms with van der Waals surface area (Å²) < 4.78 is 13.0. The minimum absolute atomic E-state index is 0.183. The molecule has 0 radical (unpaired) electrons. The van der Waals surface area contributed by atoms with Gasteiger partial charge in [-0.05, 0) is 67.6 Å². The highest BCUT2D eigenvalue weighted by molar-refractivity contribution is 6.33. The highest BCUT2D eigenvalue weighted by atomic mass is 35.5. The zero-order valence-corrected chi connectivity index (χ0v) is 13.6. The number of halogens is 2. The highest BCUT2D eigenvalue weighted by Gasteiger charge is 2.16. The van der Waals surface area contributed by atoms with Crippen molar-refractivity contribution in [2.45, 2.75) is 32.2 Å². The van der Waals surface area contributed by atoms with E-state index < -0.39 is 11.9 Å². The number of carbonyl (C=O) groups is 1. The molecule has 0 aliphatic heterocycles. The van der Waals surface area contributed by atoms with Gasteiger partial charge in [0.25, 0.3) is 0 Å². The van der Waals surface area contributed by atoms with Crippen molar-refractivity contribution in [2.24, 2.45) is 0 Å². The largest absolute Gasteiger partial charge is 0.374 e. The fourth-order valence-corrected chi connectivity index (χ4v) is 3.02. The topological polar surface area (TPSA) is 41.1 Å². The molecule has 2 N–H and O–H groups in total. The van der Waals surface area contributed by atoms with E-state index in [4.69, 9.17) is 11.6 Å². The first-order valence-corrected chi connectivity index (χ1v) is 8.05. The Hall–Kier alpha value is -2.07. The maximum Gasteiger partial charge on any atom is 0.246 e. The first-order valence-electron chi connectivity index (χ1n) is 7.67. The van der Waals surface area contributed by atoms with E-state index in [0.29, 0.717) is 5.69 Å². The van der Waals surface area contributed by atoms with Gasteiger partial charge in [0.2, 0.25) is 5.91 Å². The molecule has 0 saturated heterocycles.